The number of carbonyl (C=O) groups is 2. The second kappa shape index (κ2) is 9.43. The number of nitrogens with one attached hydrogen (secondary N) is 2. The van der Waals surface area contributed by atoms with Crippen LogP contribution in [-0.4, -0.2) is 16.8 Å². The average molecular weight is 445 g/mol. The molecule has 2 amide bonds. The molecule has 31 heavy (non-hydrogen) atoms. The molecule has 4 aromatic rings. The molecule has 152 valence electrons. The molecule has 1 aromatic heterocycles. The smallest absolute Gasteiger partial charge is 0.267 e. The third-order valence-corrected chi connectivity index (χ3v) is 6.67. The van der Waals surface area contributed by atoms with E-state index in [0.717, 1.165) is 21.2 Å². The van der Waals surface area contributed by atoms with Gasteiger partial charge >= 0.3 is 0 Å². The van der Waals surface area contributed by atoms with E-state index in [4.69, 9.17) is 5.26 Å². The van der Waals surface area contributed by atoms with E-state index in [2.05, 4.69) is 21.9 Å². The summed E-state index contributed by atoms with van der Waals surface area (Å²) in [4.78, 5) is 29.0. The number of nitrogens with zero attached hydrogens (tertiary/aromatic N) is 2. The molecule has 0 unspecified atom stereocenters. The van der Waals surface area contributed by atoms with Crippen LogP contribution in [0.4, 0.5) is 0 Å². The van der Waals surface area contributed by atoms with E-state index in [9.17, 15) is 9.59 Å². The zero-order valence-corrected chi connectivity index (χ0v) is 17.8. The Morgan fingerprint density at radius 3 is 2.13 bits per heavy atom. The Kier molecular flexibility index (Phi) is 6.26. The predicted molar refractivity (Wildman–Crippen MR) is 122 cm³/mol. The summed E-state index contributed by atoms with van der Waals surface area (Å²) in [6.07, 6.45) is 0. The zero-order valence-electron chi connectivity index (χ0n) is 16.2. The fourth-order valence-corrected chi connectivity index (χ4v) is 4.79. The van der Waals surface area contributed by atoms with Crippen molar-refractivity contribution in [1.29, 1.82) is 5.26 Å². The number of para-hydroxylation sites is 1. The molecule has 0 saturated carbocycles. The highest BCUT2D eigenvalue weighted by atomic mass is 32.2. The molecule has 0 radical (unpaired) electrons. The molecular weight excluding hydrogens is 428 g/mol. The first kappa shape index (κ1) is 20.6. The van der Waals surface area contributed by atoms with Crippen LogP contribution in [0.25, 0.3) is 10.2 Å². The molecule has 0 fully saturated rings. The van der Waals surface area contributed by atoms with Gasteiger partial charge in [-0.1, -0.05) is 36.0 Å². The van der Waals surface area contributed by atoms with Crippen molar-refractivity contribution in [3.63, 3.8) is 0 Å². The third kappa shape index (κ3) is 5.09. The number of benzene rings is 3. The average Bonchev–Trinajstić information content (AvgIpc) is 3.24. The second-order valence-electron chi connectivity index (χ2n) is 6.53. The highest BCUT2D eigenvalue weighted by Crippen LogP contribution is 2.31. The van der Waals surface area contributed by atoms with Crippen molar-refractivity contribution in [2.45, 2.75) is 10.1 Å². The maximum absolute atomic E-state index is 12.3. The van der Waals surface area contributed by atoms with Crippen molar-refractivity contribution in [2.75, 3.05) is 0 Å². The summed E-state index contributed by atoms with van der Waals surface area (Å²) >= 11 is 3.32. The minimum atomic E-state index is -0.457. The molecule has 1 heterocycles. The molecule has 0 atom stereocenters. The number of hydrogen-bond acceptors (Lipinski definition) is 6. The van der Waals surface area contributed by atoms with Crippen molar-refractivity contribution >= 4 is 45.1 Å². The van der Waals surface area contributed by atoms with Gasteiger partial charge in [-0.25, -0.2) is 4.98 Å². The minimum absolute atomic E-state index is 0.349. The molecule has 4 rings (SSSR count). The van der Waals surface area contributed by atoms with Crippen molar-refractivity contribution < 1.29 is 9.59 Å². The molecule has 0 aliphatic carbocycles. The van der Waals surface area contributed by atoms with Gasteiger partial charge in [0.25, 0.3) is 11.8 Å². The Bertz CT molecular complexity index is 1240. The molecule has 8 heteroatoms. The van der Waals surface area contributed by atoms with Gasteiger partial charge in [-0.3, -0.25) is 20.4 Å². The predicted octanol–water partition coefficient (Wildman–Crippen LogP) is 4.54. The van der Waals surface area contributed by atoms with Gasteiger partial charge in [-0.2, -0.15) is 5.26 Å². The van der Waals surface area contributed by atoms with E-state index in [1.807, 2.05) is 36.4 Å². The van der Waals surface area contributed by atoms with Crippen LogP contribution in [0.2, 0.25) is 0 Å². The van der Waals surface area contributed by atoms with Gasteiger partial charge in [-0.05, 0) is 54.1 Å². The third-order valence-electron chi connectivity index (χ3n) is 4.42. The molecule has 6 nitrogen and oxygen atoms in total. The van der Waals surface area contributed by atoms with Crippen LogP contribution in [-0.2, 0) is 5.75 Å². The number of fused-ring (bicyclic) bond motifs is 1. The van der Waals surface area contributed by atoms with E-state index in [1.54, 1.807) is 47.4 Å². The number of hydrogen-bond donors (Lipinski definition) is 2. The molecule has 0 saturated heterocycles. The van der Waals surface area contributed by atoms with E-state index in [-0.39, 0.29) is 0 Å². The van der Waals surface area contributed by atoms with E-state index in [1.165, 1.54) is 16.8 Å². The summed E-state index contributed by atoms with van der Waals surface area (Å²) in [5.74, 6) is -0.119. The quantitative estimate of drug-likeness (QED) is 0.348. The number of amides is 2. The lowest BCUT2D eigenvalue weighted by molar-refractivity contribution is 0.0846. The molecule has 0 spiro atoms. The standard InChI is InChI=1S/C23H16N4O2S2/c24-13-15-5-9-17(10-6-15)21(28)26-27-22(29)18-11-7-16(8-12-18)14-30-23-25-19-3-1-2-4-20(19)31-23/h1-12H,14H2,(H,26,28)(H,27,29). The van der Waals surface area contributed by atoms with Gasteiger partial charge in [0.2, 0.25) is 0 Å². The lowest BCUT2D eigenvalue weighted by Gasteiger charge is -2.08. The second-order valence-corrected chi connectivity index (χ2v) is 8.78. The number of thioether (sulfide) groups is 1. The van der Waals surface area contributed by atoms with Crippen LogP contribution >= 0.6 is 23.1 Å². The summed E-state index contributed by atoms with van der Waals surface area (Å²) in [6.45, 7) is 0. The Hall–Kier alpha value is -3.67. The first-order valence-corrected chi connectivity index (χ1v) is 11.1. The molecule has 0 aliphatic heterocycles. The minimum Gasteiger partial charge on any atom is -0.267 e. The number of nitriles is 1. The largest absolute Gasteiger partial charge is 0.269 e. The maximum Gasteiger partial charge on any atom is 0.269 e. The lowest BCUT2D eigenvalue weighted by atomic mass is 10.1. The Morgan fingerprint density at radius 1 is 0.903 bits per heavy atom. The van der Waals surface area contributed by atoms with Crippen LogP contribution in [0.1, 0.15) is 31.8 Å². The van der Waals surface area contributed by atoms with Crippen LogP contribution in [0.3, 0.4) is 0 Å². The number of rotatable bonds is 5. The fourth-order valence-electron chi connectivity index (χ4n) is 2.76. The summed E-state index contributed by atoms with van der Waals surface area (Å²) in [5, 5.41) is 8.80. The van der Waals surface area contributed by atoms with Gasteiger partial charge in [0, 0.05) is 16.9 Å². The summed E-state index contributed by atoms with van der Waals surface area (Å²) in [7, 11) is 0. The number of carbonyl (C=O) groups excluding carboxylic acids is 2. The van der Waals surface area contributed by atoms with Gasteiger partial charge < -0.3 is 0 Å². The number of hydrazine groups is 1. The fraction of sp³-hybridized carbons (Fsp3) is 0.0435. The lowest BCUT2D eigenvalue weighted by Crippen LogP contribution is -2.41. The van der Waals surface area contributed by atoms with Gasteiger partial charge in [0.05, 0.1) is 21.8 Å². The summed E-state index contributed by atoms with van der Waals surface area (Å²) < 4.78 is 2.17. The van der Waals surface area contributed by atoms with Crippen LogP contribution in [0.5, 0.6) is 0 Å². The highest BCUT2D eigenvalue weighted by molar-refractivity contribution is 8.00. The van der Waals surface area contributed by atoms with Crippen molar-refractivity contribution in [1.82, 2.24) is 15.8 Å². The Labute approximate surface area is 186 Å². The molecule has 2 N–H and O–H groups in total. The number of aromatic nitrogens is 1. The summed E-state index contributed by atoms with van der Waals surface area (Å²) in [5.41, 5.74) is 8.10. The zero-order chi connectivity index (χ0) is 21.6. The van der Waals surface area contributed by atoms with Gasteiger partial charge in [-0.15, -0.1) is 11.3 Å². The Balaban J connectivity index is 1.30. The molecular formula is C23H16N4O2S2. The van der Waals surface area contributed by atoms with Crippen LogP contribution < -0.4 is 10.9 Å². The first-order chi connectivity index (χ1) is 15.1. The van der Waals surface area contributed by atoms with E-state index in [0.29, 0.717) is 16.7 Å². The van der Waals surface area contributed by atoms with Gasteiger partial charge in [0.15, 0.2) is 4.34 Å². The van der Waals surface area contributed by atoms with Crippen LogP contribution in [0.15, 0.2) is 77.1 Å². The monoisotopic (exact) mass is 444 g/mol. The van der Waals surface area contributed by atoms with E-state index < -0.39 is 11.8 Å². The van der Waals surface area contributed by atoms with Gasteiger partial charge in [0.1, 0.15) is 0 Å². The van der Waals surface area contributed by atoms with Crippen molar-refractivity contribution in [3.05, 3.63) is 95.1 Å². The topological polar surface area (TPSA) is 94.9 Å². The van der Waals surface area contributed by atoms with Crippen molar-refractivity contribution in [2.24, 2.45) is 0 Å². The SMILES string of the molecule is N#Cc1ccc(C(=O)NNC(=O)c2ccc(CSc3nc4ccccc4s3)cc2)cc1. The maximum atomic E-state index is 12.3. The van der Waals surface area contributed by atoms with Crippen molar-refractivity contribution in [3.8, 4) is 6.07 Å². The molecule has 0 aliphatic rings. The number of thiazole rings is 1. The first-order valence-electron chi connectivity index (χ1n) is 9.30. The molecule has 0 bridgehead atoms. The molecule has 3 aromatic carbocycles. The summed E-state index contributed by atoms with van der Waals surface area (Å²) in [6, 6.07) is 23.4. The van der Waals surface area contributed by atoms with Crippen LogP contribution in [0, 0.1) is 11.3 Å². The van der Waals surface area contributed by atoms with E-state index >= 15 is 0 Å². The normalized spacial score (nSPS) is 10.4. The Morgan fingerprint density at radius 2 is 1.52 bits per heavy atom. The highest BCUT2D eigenvalue weighted by Gasteiger charge is 2.10.